The van der Waals surface area contributed by atoms with Crippen molar-refractivity contribution in [3.8, 4) is 0 Å². The van der Waals surface area contributed by atoms with Crippen LogP contribution in [0.5, 0.6) is 0 Å². The number of carbonyl (C=O) groups excluding carboxylic acids is 1. The molecule has 0 aromatic carbocycles. The summed E-state index contributed by atoms with van der Waals surface area (Å²) in [5.74, 6) is -0.360. The van der Waals surface area contributed by atoms with E-state index in [1.54, 1.807) is 17.5 Å². The van der Waals surface area contributed by atoms with Gasteiger partial charge in [-0.3, -0.25) is 9.20 Å². The summed E-state index contributed by atoms with van der Waals surface area (Å²) < 4.78 is 7.53. The van der Waals surface area contributed by atoms with Gasteiger partial charge in [0.25, 0.3) is 5.56 Å². The highest BCUT2D eigenvalue weighted by Gasteiger charge is 2.15. The number of hydrogen-bond acceptors (Lipinski definition) is 6. The highest BCUT2D eigenvalue weighted by atomic mass is 16.5. The number of carbonyl (C=O) groups is 1. The SMILES string of the molecule is CCOC(=O)c1cnc2n(cnc3cncn32)c1=O. The highest BCUT2D eigenvalue weighted by Crippen LogP contribution is 2.03. The van der Waals surface area contributed by atoms with E-state index in [-0.39, 0.29) is 12.2 Å². The van der Waals surface area contributed by atoms with Gasteiger partial charge >= 0.3 is 5.97 Å². The maximum atomic E-state index is 12.2. The fourth-order valence-electron chi connectivity index (χ4n) is 1.75. The average molecular weight is 259 g/mol. The summed E-state index contributed by atoms with van der Waals surface area (Å²) in [6, 6.07) is 0. The lowest BCUT2D eigenvalue weighted by Gasteiger charge is -2.04. The molecule has 3 aromatic rings. The standard InChI is InChI=1S/C11H9N5O3/c1-2-19-10(18)7-3-13-11-15-5-12-4-8(15)14-6-16(11)9(7)17/h3-6H,2H2,1H3. The number of aromatic nitrogens is 5. The molecule has 0 saturated heterocycles. The van der Waals surface area contributed by atoms with Gasteiger partial charge in [0, 0.05) is 0 Å². The Labute approximate surface area is 106 Å². The van der Waals surface area contributed by atoms with Crippen molar-refractivity contribution in [1.82, 2.24) is 23.8 Å². The first kappa shape index (κ1) is 11.3. The molecule has 0 bridgehead atoms. The van der Waals surface area contributed by atoms with Crippen LogP contribution in [-0.2, 0) is 4.74 Å². The molecule has 0 spiro atoms. The lowest BCUT2D eigenvalue weighted by Crippen LogP contribution is -2.25. The van der Waals surface area contributed by atoms with Crippen molar-refractivity contribution in [2.75, 3.05) is 6.61 Å². The second-order valence-electron chi connectivity index (χ2n) is 3.73. The van der Waals surface area contributed by atoms with Crippen LogP contribution >= 0.6 is 0 Å². The second kappa shape index (κ2) is 4.16. The molecule has 0 radical (unpaired) electrons. The predicted molar refractivity (Wildman–Crippen MR) is 64.0 cm³/mol. The summed E-state index contributed by atoms with van der Waals surface area (Å²) in [4.78, 5) is 35.8. The Morgan fingerprint density at radius 3 is 2.89 bits per heavy atom. The van der Waals surface area contributed by atoms with E-state index in [9.17, 15) is 9.59 Å². The number of ether oxygens (including phenoxy) is 1. The molecule has 3 heterocycles. The van der Waals surface area contributed by atoms with Crippen molar-refractivity contribution in [2.45, 2.75) is 6.92 Å². The van der Waals surface area contributed by atoms with Crippen molar-refractivity contribution in [1.29, 1.82) is 0 Å². The summed E-state index contributed by atoms with van der Waals surface area (Å²) in [5.41, 5.74) is -0.0806. The molecule has 0 aliphatic carbocycles. The molecule has 0 aliphatic heterocycles. The van der Waals surface area contributed by atoms with E-state index in [1.165, 1.54) is 23.3 Å². The zero-order chi connectivity index (χ0) is 13.4. The predicted octanol–water partition coefficient (Wildman–Crippen LogP) is -0.0861. The Bertz CT molecular complexity index is 835. The Kier molecular flexibility index (Phi) is 2.48. The number of fused-ring (bicyclic) bond motifs is 3. The van der Waals surface area contributed by atoms with Crippen LogP contribution in [0.25, 0.3) is 11.4 Å². The number of rotatable bonds is 2. The summed E-state index contributed by atoms with van der Waals surface area (Å²) in [6.07, 6.45) is 5.55. The number of nitrogens with zero attached hydrogens (tertiary/aromatic N) is 5. The smallest absolute Gasteiger partial charge is 0.345 e. The molecule has 0 fully saturated rings. The molecule has 8 heteroatoms. The molecule has 0 atom stereocenters. The van der Waals surface area contributed by atoms with Gasteiger partial charge in [0.1, 0.15) is 18.2 Å². The van der Waals surface area contributed by atoms with Gasteiger partial charge in [-0.15, -0.1) is 0 Å². The maximum Gasteiger partial charge on any atom is 0.345 e. The fraction of sp³-hybridized carbons (Fsp3) is 0.182. The van der Waals surface area contributed by atoms with Gasteiger partial charge in [-0.2, -0.15) is 0 Å². The largest absolute Gasteiger partial charge is 0.462 e. The summed E-state index contributed by atoms with van der Waals surface area (Å²) >= 11 is 0. The third kappa shape index (κ3) is 1.65. The van der Waals surface area contributed by atoms with Crippen molar-refractivity contribution in [2.24, 2.45) is 0 Å². The van der Waals surface area contributed by atoms with Crippen LogP contribution in [0, 0.1) is 0 Å². The molecular formula is C11H9N5O3. The Hall–Kier alpha value is -2.77. The second-order valence-corrected chi connectivity index (χ2v) is 3.73. The van der Waals surface area contributed by atoms with Gasteiger partial charge < -0.3 is 4.74 Å². The highest BCUT2D eigenvalue weighted by molar-refractivity contribution is 5.88. The molecule has 96 valence electrons. The van der Waals surface area contributed by atoms with Gasteiger partial charge in [0.15, 0.2) is 5.65 Å². The van der Waals surface area contributed by atoms with Crippen LogP contribution in [0.15, 0.2) is 29.8 Å². The monoisotopic (exact) mass is 259 g/mol. The van der Waals surface area contributed by atoms with E-state index in [0.717, 1.165) is 0 Å². The van der Waals surface area contributed by atoms with E-state index >= 15 is 0 Å². The first-order chi connectivity index (χ1) is 9.22. The van der Waals surface area contributed by atoms with Gasteiger partial charge in [-0.05, 0) is 6.92 Å². The maximum absolute atomic E-state index is 12.2. The molecule has 0 N–H and O–H groups in total. The summed E-state index contributed by atoms with van der Waals surface area (Å²) in [5, 5.41) is 0. The Morgan fingerprint density at radius 2 is 2.11 bits per heavy atom. The zero-order valence-corrected chi connectivity index (χ0v) is 9.98. The third-order valence-electron chi connectivity index (χ3n) is 2.61. The van der Waals surface area contributed by atoms with Gasteiger partial charge in [-0.25, -0.2) is 24.1 Å². The van der Waals surface area contributed by atoms with Crippen molar-refractivity contribution >= 4 is 17.4 Å². The fourth-order valence-corrected chi connectivity index (χ4v) is 1.75. The van der Waals surface area contributed by atoms with E-state index in [4.69, 9.17) is 4.74 Å². The average Bonchev–Trinajstić information content (AvgIpc) is 2.87. The van der Waals surface area contributed by atoms with Crippen LogP contribution in [0.1, 0.15) is 17.3 Å². The van der Waals surface area contributed by atoms with E-state index in [2.05, 4.69) is 15.0 Å². The number of esters is 1. The minimum Gasteiger partial charge on any atom is -0.462 e. The molecule has 0 amide bonds. The van der Waals surface area contributed by atoms with E-state index in [1.807, 2.05) is 0 Å². The molecule has 3 rings (SSSR count). The Morgan fingerprint density at radius 1 is 1.26 bits per heavy atom. The molecule has 8 nitrogen and oxygen atoms in total. The minimum absolute atomic E-state index is 0.124. The molecule has 0 aliphatic rings. The molecule has 0 saturated carbocycles. The lowest BCUT2D eigenvalue weighted by molar-refractivity contribution is 0.0523. The summed E-state index contributed by atoms with van der Waals surface area (Å²) in [6.45, 7) is 1.86. The molecule has 19 heavy (non-hydrogen) atoms. The van der Waals surface area contributed by atoms with Crippen LogP contribution in [-0.4, -0.2) is 36.3 Å². The van der Waals surface area contributed by atoms with Gasteiger partial charge in [-0.1, -0.05) is 0 Å². The minimum atomic E-state index is -0.694. The van der Waals surface area contributed by atoms with Crippen LogP contribution in [0.3, 0.4) is 0 Å². The first-order valence-electron chi connectivity index (χ1n) is 5.58. The van der Waals surface area contributed by atoms with Crippen molar-refractivity contribution in [3.05, 3.63) is 41.0 Å². The van der Waals surface area contributed by atoms with Crippen LogP contribution < -0.4 is 5.56 Å². The first-order valence-corrected chi connectivity index (χ1v) is 5.58. The zero-order valence-electron chi connectivity index (χ0n) is 9.98. The van der Waals surface area contributed by atoms with Crippen LogP contribution in [0.2, 0.25) is 0 Å². The third-order valence-corrected chi connectivity index (χ3v) is 2.61. The van der Waals surface area contributed by atoms with E-state index in [0.29, 0.717) is 11.4 Å². The topological polar surface area (TPSA) is 90.9 Å². The van der Waals surface area contributed by atoms with Gasteiger partial charge in [0.2, 0.25) is 5.78 Å². The van der Waals surface area contributed by atoms with Gasteiger partial charge in [0.05, 0.1) is 19.0 Å². The lowest BCUT2D eigenvalue weighted by atomic mass is 10.3. The molecule has 3 aromatic heterocycles. The summed E-state index contributed by atoms with van der Waals surface area (Å²) in [7, 11) is 0. The molecular weight excluding hydrogens is 250 g/mol. The number of hydrogen-bond donors (Lipinski definition) is 0. The van der Waals surface area contributed by atoms with Crippen LogP contribution in [0.4, 0.5) is 0 Å². The van der Waals surface area contributed by atoms with E-state index < -0.39 is 11.5 Å². The normalized spacial score (nSPS) is 11.0. The number of imidazole rings is 1. The molecule has 0 unspecified atom stereocenters. The quantitative estimate of drug-likeness (QED) is 0.597. The Balaban J connectivity index is 2.30. The van der Waals surface area contributed by atoms with Crippen molar-refractivity contribution < 1.29 is 9.53 Å². The van der Waals surface area contributed by atoms with Crippen molar-refractivity contribution in [3.63, 3.8) is 0 Å².